The highest BCUT2D eigenvalue weighted by Crippen LogP contribution is 2.34. The number of amides is 1. The average molecular weight is 508 g/mol. The Bertz CT molecular complexity index is 1350. The smallest absolute Gasteiger partial charge is 0.320 e. The van der Waals surface area contributed by atoms with E-state index in [1.807, 2.05) is 24.3 Å². The maximum Gasteiger partial charge on any atom is 0.320 e. The van der Waals surface area contributed by atoms with E-state index in [0.717, 1.165) is 17.3 Å². The Hall–Kier alpha value is -4.16. The molecule has 0 fully saturated rings. The summed E-state index contributed by atoms with van der Waals surface area (Å²) in [7, 11) is 1.58. The van der Waals surface area contributed by atoms with Crippen LogP contribution in [0.2, 0.25) is 0 Å². The number of para-hydroxylation sites is 1. The summed E-state index contributed by atoms with van der Waals surface area (Å²) in [5, 5.41) is 16.6. The van der Waals surface area contributed by atoms with Crippen LogP contribution in [0.25, 0.3) is 6.08 Å². The minimum absolute atomic E-state index is 0.0501. The number of fused-ring (bicyclic) bond motifs is 1. The molecule has 0 unspecified atom stereocenters. The predicted molar refractivity (Wildman–Crippen MR) is 130 cm³/mol. The quantitative estimate of drug-likeness (QED) is 0.196. The van der Waals surface area contributed by atoms with Crippen LogP contribution in [0.15, 0.2) is 74.9 Å². The second-order valence-corrected chi connectivity index (χ2v) is 8.55. The number of aromatic nitrogens is 2. The van der Waals surface area contributed by atoms with E-state index in [0.29, 0.717) is 35.5 Å². The number of nitrogens with zero attached hydrogens (tertiary/aromatic N) is 5. The fourth-order valence-corrected chi connectivity index (χ4v) is 4.25. The molecule has 2 aliphatic heterocycles. The molecule has 5 rings (SSSR count). The number of benzene rings is 2. The lowest BCUT2D eigenvalue weighted by atomic mass is 10.1. The molecule has 1 amide bonds. The molecule has 2 aliphatic rings. The van der Waals surface area contributed by atoms with E-state index in [1.54, 1.807) is 37.5 Å². The van der Waals surface area contributed by atoms with Crippen LogP contribution in [0, 0.1) is 0 Å². The number of hydrogen-bond acceptors (Lipinski definition) is 10. The van der Waals surface area contributed by atoms with Gasteiger partial charge in [-0.05, 0) is 46.5 Å². The van der Waals surface area contributed by atoms with E-state index < -0.39 is 5.90 Å². The maximum absolute atomic E-state index is 13.3. The number of carbonyl (C=O) groups is 1. The SMILES string of the molecule is COCC[n+]1cc(/N=C(\[O-])CSC2=N/C(=C/c3ccc4c(c3)OCO4)C(=O)N2c2ccccc2)on1. The van der Waals surface area contributed by atoms with Crippen LogP contribution < -0.4 is 24.2 Å². The van der Waals surface area contributed by atoms with Crippen molar-refractivity contribution in [2.75, 3.05) is 31.2 Å². The fourth-order valence-electron chi connectivity index (χ4n) is 3.45. The lowest BCUT2D eigenvalue weighted by molar-refractivity contribution is -0.763. The van der Waals surface area contributed by atoms with Crippen LogP contribution >= 0.6 is 11.8 Å². The second kappa shape index (κ2) is 10.6. The summed E-state index contributed by atoms with van der Waals surface area (Å²) >= 11 is 1.11. The van der Waals surface area contributed by atoms with Crippen molar-refractivity contribution in [2.24, 2.45) is 9.98 Å². The Morgan fingerprint density at radius 1 is 1.25 bits per heavy atom. The number of rotatable bonds is 8. The summed E-state index contributed by atoms with van der Waals surface area (Å²) in [5.41, 5.74) is 1.62. The predicted octanol–water partition coefficient (Wildman–Crippen LogP) is 1.90. The molecule has 0 atom stereocenters. The molecule has 11 nitrogen and oxygen atoms in total. The summed E-state index contributed by atoms with van der Waals surface area (Å²) in [5.74, 6) is 0.539. The normalized spacial score (nSPS) is 16.2. The zero-order valence-electron chi connectivity index (χ0n) is 19.2. The number of hydrogen-bond donors (Lipinski definition) is 0. The lowest BCUT2D eigenvalue weighted by Crippen LogP contribution is -2.36. The number of methoxy groups -OCH3 is 1. The van der Waals surface area contributed by atoms with Gasteiger partial charge in [0.25, 0.3) is 12.1 Å². The summed E-state index contributed by atoms with van der Waals surface area (Å²) in [6.45, 7) is 1.09. The number of thioether (sulfide) groups is 1. The van der Waals surface area contributed by atoms with E-state index in [1.165, 1.54) is 15.8 Å². The number of carbonyl (C=O) groups excluding carboxylic acids is 1. The van der Waals surface area contributed by atoms with E-state index >= 15 is 0 Å². The Balaban J connectivity index is 1.36. The Kier molecular flexibility index (Phi) is 6.96. The van der Waals surface area contributed by atoms with Gasteiger partial charge < -0.3 is 19.3 Å². The molecule has 3 aromatic rings. The van der Waals surface area contributed by atoms with E-state index in [-0.39, 0.29) is 30.0 Å². The van der Waals surface area contributed by atoms with Gasteiger partial charge in [0, 0.05) is 12.9 Å². The third kappa shape index (κ3) is 5.24. The van der Waals surface area contributed by atoms with Gasteiger partial charge in [-0.2, -0.15) is 0 Å². The first-order valence-corrected chi connectivity index (χ1v) is 11.9. The molecule has 0 bridgehead atoms. The average Bonchev–Trinajstić information content (AvgIpc) is 3.61. The van der Waals surface area contributed by atoms with Crippen molar-refractivity contribution in [1.82, 2.24) is 5.27 Å². The fraction of sp³-hybridized carbons (Fsp3) is 0.208. The lowest BCUT2D eigenvalue weighted by Gasteiger charge is -2.18. The highest BCUT2D eigenvalue weighted by atomic mass is 32.2. The molecule has 1 aromatic heterocycles. The zero-order chi connectivity index (χ0) is 24.9. The third-order valence-electron chi connectivity index (χ3n) is 5.13. The van der Waals surface area contributed by atoms with Crippen molar-refractivity contribution in [3.8, 4) is 11.5 Å². The molecule has 0 saturated carbocycles. The van der Waals surface area contributed by atoms with Crippen LogP contribution in [-0.2, 0) is 16.1 Å². The van der Waals surface area contributed by atoms with Gasteiger partial charge in [0.2, 0.25) is 18.6 Å². The van der Waals surface area contributed by atoms with Crippen molar-refractivity contribution in [2.45, 2.75) is 6.54 Å². The van der Waals surface area contributed by atoms with Gasteiger partial charge in [0.1, 0.15) is 12.3 Å². The van der Waals surface area contributed by atoms with Crippen molar-refractivity contribution in [1.29, 1.82) is 0 Å². The molecule has 0 N–H and O–H groups in total. The molecule has 184 valence electrons. The van der Waals surface area contributed by atoms with Crippen LogP contribution in [-0.4, -0.2) is 48.5 Å². The van der Waals surface area contributed by atoms with Gasteiger partial charge in [-0.15, -0.1) is 0 Å². The van der Waals surface area contributed by atoms with Gasteiger partial charge in [-0.3, -0.25) is 14.2 Å². The molecule has 3 heterocycles. The number of ether oxygens (including phenoxy) is 3. The van der Waals surface area contributed by atoms with Gasteiger partial charge in [-0.1, -0.05) is 36.0 Å². The van der Waals surface area contributed by atoms with Crippen molar-refractivity contribution < 1.29 is 33.3 Å². The number of anilines is 1. The first kappa shape index (κ1) is 23.6. The molecule has 36 heavy (non-hydrogen) atoms. The topological polar surface area (TPSA) is 126 Å². The molecule has 0 spiro atoms. The summed E-state index contributed by atoms with van der Waals surface area (Å²) < 4.78 is 22.3. The van der Waals surface area contributed by atoms with Crippen molar-refractivity contribution in [3.63, 3.8) is 0 Å². The van der Waals surface area contributed by atoms with Crippen LogP contribution in [0.4, 0.5) is 11.6 Å². The summed E-state index contributed by atoms with van der Waals surface area (Å²) in [4.78, 5) is 23.3. The van der Waals surface area contributed by atoms with Crippen LogP contribution in [0.1, 0.15) is 5.56 Å². The molecule has 0 saturated heterocycles. The largest absolute Gasteiger partial charge is 0.861 e. The monoisotopic (exact) mass is 507 g/mol. The minimum atomic E-state index is -0.452. The summed E-state index contributed by atoms with van der Waals surface area (Å²) in [6, 6.07) is 14.5. The minimum Gasteiger partial charge on any atom is -0.861 e. The van der Waals surface area contributed by atoms with E-state index in [4.69, 9.17) is 18.7 Å². The van der Waals surface area contributed by atoms with Gasteiger partial charge in [0.15, 0.2) is 16.7 Å². The third-order valence-corrected chi connectivity index (χ3v) is 6.05. The maximum atomic E-state index is 13.3. The number of aliphatic imine (C=N–C) groups is 2. The van der Waals surface area contributed by atoms with Gasteiger partial charge in [-0.25, -0.2) is 9.98 Å². The van der Waals surface area contributed by atoms with Gasteiger partial charge in [0.05, 0.1) is 5.69 Å². The first-order chi connectivity index (χ1) is 17.6. The first-order valence-electron chi connectivity index (χ1n) is 10.9. The number of amidine groups is 1. The Labute approximate surface area is 210 Å². The van der Waals surface area contributed by atoms with Crippen molar-refractivity contribution >= 4 is 46.4 Å². The van der Waals surface area contributed by atoms with Crippen LogP contribution in [0.5, 0.6) is 11.5 Å². The molecule has 2 aromatic carbocycles. The van der Waals surface area contributed by atoms with Crippen molar-refractivity contribution in [3.05, 3.63) is 66.0 Å². The Morgan fingerprint density at radius 2 is 2.08 bits per heavy atom. The zero-order valence-corrected chi connectivity index (χ0v) is 20.0. The molecule has 0 radical (unpaired) electrons. The van der Waals surface area contributed by atoms with Gasteiger partial charge >= 0.3 is 5.88 Å². The molecule has 12 heteroatoms. The molecule has 0 aliphatic carbocycles. The highest BCUT2D eigenvalue weighted by Gasteiger charge is 2.32. The standard InChI is InChI=1S/C24H21N5O6S/c1-32-10-9-28-13-22(35-27-28)26-21(30)14-36-24-25-18(23(31)29(24)17-5-3-2-4-6-17)11-16-7-8-19-20(12-16)34-15-33-19/h2-8,11-13H,9-10,14-15H2,1H3/b18-11+. The summed E-state index contributed by atoms with van der Waals surface area (Å²) in [6.07, 6.45) is 3.19. The van der Waals surface area contributed by atoms with E-state index in [9.17, 15) is 9.90 Å². The van der Waals surface area contributed by atoms with E-state index in [2.05, 4.69) is 15.3 Å². The highest BCUT2D eigenvalue weighted by molar-refractivity contribution is 8.14. The molecular formula is C24H21N5O6S. The second-order valence-electron chi connectivity index (χ2n) is 7.60. The Morgan fingerprint density at radius 3 is 2.92 bits per heavy atom. The molecular weight excluding hydrogens is 486 g/mol. The van der Waals surface area contributed by atoms with Crippen LogP contribution in [0.3, 0.4) is 0 Å².